The van der Waals surface area contributed by atoms with Crippen LogP contribution in [0.15, 0.2) is 11.1 Å². The van der Waals surface area contributed by atoms with Crippen molar-refractivity contribution >= 4 is 11.9 Å². The Bertz CT molecular complexity index is 694. The van der Waals surface area contributed by atoms with Crippen molar-refractivity contribution in [2.24, 2.45) is 28.6 Å². The standard InChI is InChI=1S/C23H34O4/c1-13-19-12-16(26-14(2)24)8-10-22(19,4)18-9-11-23(5)17(21(13)18)6-7-20(23)27-15(3)25/h16-18,20-21H,6-12H2,1-5H3/t16-,17+,18+,20+,21+,22-,23-/m1/s1. The van der Waals surface area contributed by atoms with Gasteiger partial charge in [-0.15, -0.1) is 0 Å². The second-order valence-electron chi connectivity index (χ2n) is 10.0. The van der Waals surface area contributed by atoms with Crippen LogP contribution in [0.4, 0.5) is 0 Å². The first-order valence-electron chi connectivity index (χ1n) is 10.7. The maximum absolute atomic E-state index is 11.6. The number of hydrogen-bond acceptors (Lipinski definition) is 4. The molecule has 7 atom stereocenters. The van der Waals surface area contributed by atoms with Crippen LogP contribution in [0.25, 0.3) is 0 Å². The smallest absolute Gasteiger partial charge is 0.302 e. The van der Waals surface area contributed by atoms with Crippen molar-refractivity contribution in [3.05, 3.63) is 11.1 Å². The summed E-state index contributed by atoms with van der Waals surface area (Å²) in [5.74, 6) is 1.59. The summed E-state index contributed by atoms with van der Waals surface area (Å²) in [6.07, 6.45) is 7.65. The third-order valence-electron chi connectivity index (χ3n) is 8.73. The van der Waals surface area contributed by atoms with Crippen LogP contribution in [-0.4, -0.2) is 24.1 Å². The van der Waals surface area contributed by atoms with Crippen molar-refractivity contribution in [1.82, 2.24) is 0 Å². The fraction of sp³-hybridized carbons (Fsp3) is 0.826. The van der Waals surface area contributed by atoms with Crippen LogP contribution >= 0.6 is 0 Å². The van der Waals surface area contributed by atoms with Crippen molar-refractivity contribution < 1.29 is 19.1 Å². The molecule has 0 aromatic heterocycles. The van der Waals surface area contributed by atoms with Gasteiger partial charge in [-0.2, -0.15) is 0 Å². The van der Waals surface area contributed by atoms with Crippen LogP contribution in [-0.2, 0) is 19.1 Å². The Morgan fingerprint density at radius 1 is 0.926 bits per heavy atom. The SMILES string of the molecule is CC(=O)O[C@@H]1CC[C@@]2(C)C(=C(C)[C@H]3[C@@H]4CC[C@H](OC(C)=O)[C@]4(C)CC[C@@H]32)C1. The molecule has 3 saturated carbocycles. The minimum absolute atomic E-state index is 0.0458. The number of carbonyl (C=O) groups is 2. The van der Waals surface area contributed by atoms with Gasteiger partial charge in [-0.25, -0.2) is 0 Å². The Morgan fingerprint density at radius 3 is 2.30 bits per heavy atom. The number of ether oxygens (including phenoxy) is 2. The molecule has 0 heterocycles. The number of rotatable bonds is 2. The largest absolute Gasteiger partial charge is 0.462 e. The van der Waals surface area contributed by atoms with Crippen molar-refractivity contribution in [2.45, 2.75) is 91.8 Å². The Balaban J connectivity index is 1.64. The predicted molar refractivity (Wildman–Crippen MR) is 103 cm³/mol. The normalized spacial score (nSPS) is 45.7. The zero-order chi connectivity index (χ0) is 19.6. The first kappa shape index (κ1) is 19.0. The van der Waals surface area contributed by atoms with E-state index in [0.717, 1.165) is 38.5 Å². The van der Waals surface area contributed by atoms with Gasteiger partial charge < -0.3 is 9.47 Å². The second-order valence-corrected chi connectivity index (χ2v) is 10.0. The predicted octanol–water partition coefficient (Wildman–Crippen LogP) is 4.81. The van der Waals surface area contributed by atoms with Crippen molar-refractivity contribution in [2.75, 3.05) is 0 Å². The summed E-state index contributed by atoms with van der Waals surface area (Å²) in [6.45, 7) is 10.2. The molecule has 0 saturated heterocycles. The van der Waals surface area contributed by atoms with E-state index >= 15 is 0 Å². The van der Waals surface area contributed by atoms with Crippen LogP contribution in [0.5, 0.6) is 0 Å². The molecule has 0 aromatic rings. The van der Waals surface area contributed by atoms with Gasteiger partial charge in [0.2, 0.25) is 0 Å². The van der Waals surface area contributed by atoms with E-state index in [2.05, 4.69) is 20.8 Å². The lowest BCUT2D eigenvalue weighted by Crippen LogP contribution is -2.46. The van der Waals surface area contributed by atoms with Gasteiger partial charge in [-0.05, 0) is 68.6 Å². The summed E-state index contributed by atoms with van der Waals surface area (Å²) in [4.78, 5) is 23.1. The molecule has 0 aliphatic heterocycles. The van der Waals surface area contributed by atoms with Gasteiger partial charge in [-0.1, -0.05) is 25.0 Å². The molecule has 0 radical (unpaired) electrons. The lowest BCUT2D eigenvalue weighted by atomic mass is 9.54. The molecular weight excluding hydrogens is 340 g/mol. The topological polar surface area (TPSA) is 52.6 Å². The quantitative estimate of drug-likeness (QED) is 0.514. The van der Waals surface area contributed by atoms with E-state index < -0.39 is 0 Å². The lowest BCUT2D eigenvalue weighted by molar-refractivity contribution is -0.155. The molecule has 4 nitrogen and oxygen atoms in total. The minimum Gasteiger partial charge on any atom is -0.462 e. The lowest BCUT2D eigenvalue weighted by Gasteiger charge is -2.50. The fourth-order valence-electron chi connectivity index (χ4n) is 7.54. The summed E-state index contributed by atoms with van der Waals surface area (Å²) in [5, 5.41) is 0. The van der Waals surface area contributed by atoms with E-state index in [0.29, 0.717) is 17.8 Å². The number of fused-ring (bicyclic) bond motifs is 5. The molecule has 27 heavy (non-hydrogen) atoms. The van der Waals surface area contributed by atoms with Crippen molar-refractivity contribution in [1.29, 1.82) is 0 Å². The molecule has 4 rings (SSSR count). The van der Waals surface area contributed by atoms with Gasteiger partial charge in [0, 0.05) is 25.7 Å². The molecule has 0 bridgehead atoms. The maximum Gasteiger partial charge on any atom is 0.302 e. The first-order valence-corrected chi connectivity index (χ1v) is 10.7. The highest BCUT2D eigenvalue weighted by Crippen LogP contribution is 2.68. The first-order chi connectivity index (χ1) is 12.7. The fourth-order valence-corrected chi connectivity index (χ4v) is 7.54. The van der Waals surface area contributed by atoms with Gasteiger partial charge >= 0.3 is 11.9 Å². The molecule has 4 aliphatic carbocycles. The van der Waals surface area contributed by atoms with Gasteiger partial charge in [0.15, 0.2) is 0 Å². The van der Waals surface area contributed by atoms with E-state index in [4.69, 9.17) is 9.47 Å². The average Bonchev–Trinajstić information content (AvgIpc) is 3.01. The third kappa shape index (κ3) is 2.77. The summed E-state index contributed by atoms with van der Waals surface area (Å²) in [6, 6.07) is 0. The number of allylic oxidation sites excluding steroid dienone is 1. The van der Waals surface area contributed by atoms with Gasteiger partial charge in [-0.3, -0.25) is 9.59 Å². The van der Waals surface area contributed by atoms with E-state index in [9.17, 15) is 9.59 Å². The maximum atomic E-state index is 11.6. The van der Waals surface area contributed by atoms with E-state index in [-0.39, 0.29) is 35.0 Å². The van der Waals surface area contributed by atoms with Crippen molar-refractivity contribution in [3.8, 4) is 0 Å². The molecule has 3 fully saturated rings. The highest BCUT2D eigenvalue weighted by atomic mass is 16.5. The Hall–Kier alpha value is -1.32. The van der Waals surface area contributed by atoms with Crippen LogP contribution in [0, 0.1) is 28.6 Å². The molecule has 0 amide bonds. The Labute approximate surface area is 163 Å². The zero-order valence-electron chi connectivity index (χ0n) is 17.5. The molecular formula is C23H34O4. The van der Waals surface area contributed by atoms with E-state index in [1.165, 1.54) is 20.3 Å². The van der Waals surface area contributed by atoms with Gasteiger partial charge in [0.05, 0.1) is 0 Å². The monoisotopic (exact) mass is 374 g/mol. The minimum atomic E-state index is -0.162. The van der Waals surface area contributed by atoms with Crippen LogP contribution in [0.3, 0.4) is 0 Å². The molecule has 0 unspecified atom stereocenters. The number of esters is 2. The van der Waals surface area contributed by atoms with Crippen molar-refractivity contribution in [3.63, 3.8) is 0 Å². The summed E-state index contributed by atoms with van der Waals surface area (Å²) in [7, 11) is 0. The molecule has 150 valence electrons. The zero-order valence-corrected chi connectivity index (χ0v) is 17.5. The number of hydrogen-bond donors (Lipinski definition) is 0. The highest BCUT2D eigenvalue weighted by molar-refractivity contribution is 5.66. The molecule has 0 N–H and O–H groups in total. The average molecular weight is 375 g/mol. The second kappa shape index (κ2) is 6.35. The van der Waals surface area contributed by atoms with E-state index in [1.807, 2.05) is 0 Å². The Kier molecular flexibility index (Phi) is 4.47. The third-order valence-corrected chi connectivity index (χ3v) is 8.73. The molecule has 4 aliphatic rings. The molecule has 4 heteroatoms. The highest BCUT2D eigenvalue weighted by Gasteiger charge is 2.62. The summed E-state index contributed by atoms with van der Waals surface area (Å²) in [5.41, 5.74) is 3.48. The Morgan fingerprint density at radius 2 is 1.63 bits per heavy atom. The molecule has 0 spiro atoms. The van der Waals surface area contributed by atoms with Crippen LogP contribution in [0.1, 0.15) is 79.6 Å². The van der Waals surface area contributed by atoms with E-state index in [1.54, 1.807) is 11.1 Å². The van der Waals surface area contributed by atoms with Gasteiger partial charge in [0.25, 0.3) is 0 Å². The van der Waals surface area contributed by atoms with Crippen LogP contribution in [0.2, 0.25) is 0 Å². The number of carbonyl (C=O) groups excluding carboxylic acids is 2. The summed E-state index contributed by atoms with van der Waals surface area (Å²) >= 11 is 0. The van der Waals surface area contributed by atoms with Crippen LogP contribution < -0.4 is 0 Å². The van der Waals surface area contributed by atoms with Gasteiger partial charge in [0.1, 0.15) is 12.2 Å². The molecule has 0 aromatic carbocycles. The summed E-state index contributed by atoms with van der Waals surface area (Å²) < 4.78 is 11.3.